The lowest BCUT2D eigenvalue weighted by Gasteiger charge is -2.27. The van der Waals surface area contributed by atoms with Crippen LogP contribution in [0.25, 0.3) is 0 Å². The van der Waals surface area contributed by atoms with Crippen LogP contribution in [0.4, 0.5) is 13.2 Å². The summed E-state index contributed by atoms with van der Waals surface area (Å²) in [4.78, 5) is 35.2. The van der Waals surface area contributed by atoms with Gasteiger partial charge < -0.3 is 9.47 Å². The molecule has 0 aromatic rings. The summed E-state index contributed by atoms with van der Waals surface area (Å²) in [6, 6.07) is 0. The molecule has 5 nitrogen and oxygen atoms in total. The van der Waals surface area contributed by atoms with Crippen molar-refractivity contribution in [2.45, 2.75) is 39.8 Å². The number of alkyl halides is 3. The van der Waals surface area contributed by atoms with Crippen molar-refractivity contribution in [1.29, 1.82) is 0 Å². The molecule has 0 bridgehead atoms. The van der Waals surface area contributed by atoms with Crippen LogP contribution in [-0.4, -0.2) is 37.1 Å². The molecule has 0 aliphatic carbocycles. The molecule has 0 aliphatic heterocycles. The minimum absolute atomic E-state index is 0.000547. The van der Waals surface area contributed by atoms with Gasteiger partial charge in [0, 0.05) is 0 Å². The zero-order valence-corrected chi connectivity index (χ0v) is 11.5. The summed E-state index contributed by atoms with van der Waals surface area (Å²) in [7, 11) is 0. The third-order valence-electron chi connectivity index (χ3n) is 2.52. The quantitative estimate of drug-likeness (QED) is 0.531. The van der Waals surface area contributed by atoms with E-state index in [-0.39, 0.29) is 19.6 Å². The zero-order valence-electron chi connectivity index (χ0n) is 11.5. The first-order chi connectivity index (χ1) is 9.18. The Balaban J connectivity index is 5.86. The van der Waals surface area contributed by atoms with Gasteiger partial charge in [-0.3, -0.25) is 14.4 Å². The summed E-state index contributed by atoms with van der Waals surface area (Å²) in [5.41, 5.74) is -2.97. The van der Waals surface area contributed by atoms with E-state index >= 15 is 0 Å². The molecule has 0 radical (unpaired) electrons. The van der Waals surface area contributed by atoms with Gasteiger partial charge >= 0.3 is 18.1 Å². The first kappa shape index (κ1) is 18.4. The van der Waals surface area contributed by atoms with Crippen LogP contribution >= 0.6 is 0 Å². The van der Waals surface area contributed by atoms with Crippen LogP contribution in [0.15, 0.2) is 0 Å². The van der Waals surface area contributed by atoms with E-state index in [1.165, 1.54) is 20.8 Å². The van der Waals surface area contributed by atoms with Crippen molar-refractivity contribution in [2.75, 3.05) is 13.2 Å². The molecule has 0 N–H and O–H groups in total. The Kier molecular flexibility index (Phi) is 6.67. The maximum absolute atomic E-state index is 12.7. The number of esters is 2. The van der Waals surface area contributed by atoms with E-state index in [1.54, 1.807) is 0 Å². The van der Waals surface area contributed by atoms with Crippen molar-refractivity contribution < 1.29 is 37.0 Å². The van der Waals surface area contributed by atoms with Crippen molar-refractivity contribution in [1.82, 2.24) is 0 Å². The Labute approximate surface area is 114 Å². The molecule has 0 aromatic heterocycles. The molecule has 116 valence electrons. The topological polar surface area (TPSA) is 69.7 Å². The van der Waals surface area contributed by atoms with Crippen LogP contribution in [0, 0.1) is 5.41 Å². The van der Waals surface area contributed by atoms with Crippen LogP contribution < -0.4 is 0 Å². The highest BCUT2D eigenvalue weighted by Gasteiger charge is 2.63. The molecule has 0 rings (SSSR count). The lowest BCUT2D eigenvalue weighted by molar-refractivity contribution is -0.197. The summed E-state index contributed by atoms with van der Waals surface area (Å²) in [5.74, 6) is -5.51. The van der Waals surface area contributed by atoms with Gasteiger partial charge in [0.15, 0.2) is 0 Å². The number of ether oxygens (including phenoxy) is 2. The van der Waals surface area contributed by atoms with Crippen molar-refractivity contribution in [2.24, 2.45) is 5.41 Å². The number of carbonyl (C=O) groups is 3. The fraction of sp³-hybridized carbons (Fsp3) is 0.750. The molecular formula is C12H17F3O5. The Morgan fingerprint density at radius 2 is 1.30 bits per heavy atom. The first-order valence-corrected chi connectivity index (χ1v) is 6.14. The monoisotopic (exact) mass is 298 g/mol. The average Bonchev–Trinajstić information content (AvgIpc) is 2.34. The van der Waals surface area contributed by atoms with Gasteiger partial charge in [-0.05, 0) is 20.3 Å². The molecule has 0 saturated carbocycles. The van der Waals surface area contributed by atoms with E-state index in [9.17, 15) is 27.6 Å². The van der Waals surface area contributed by atoms with Gasteiger partial charge in [-0.2, -0.15) is 13.2 Å². The van der Waals surface area contributed by atoms with Crippen molar-refractivity contribution in [3.63, 3.8) is 0 Å². The summed E-state index contributed by atoms with van der Waals surface area (Å²) in [6.45, 7) is 3.65. The third kappa shape index (κ3) is 3.71. The lowest BCUT2D eigenvalue weighted by atomic mass is 9.78. The second kappa shape index (κ2) is 7.25. The molecule has 0 spiro atoms. The molecule has 0 atom stereocenters. The van der Waals surface area contributed by atoms with Crippen LogP contribution in [0.3, 0.4) is 0 Å². The molecule has 0 unspecified atom stereocenters. The van der Waals surface area contributed by atoms with E-state index in [1.807, 2.05) is 0 Å². The van der Waals surface area contributed by atoms with Gasteiger partial charge in [-0.1, -0.05) is 13.3 Å². The highest BCUT2D eigenvalue weighted by Crippen LogP contribution is 2.36. The molecule has 20 heavy (non-hydrogen) atoms. The van der Waals surface area contributed by atoms with Gasteiger partial charge in [0.1, 0.15) is 0 Å². The smallest absolute Gasteiger partial charge is 0.451 e. The number of hydrogen-bond donors (Lipinski definition) is 0. The zero-order chi connectivity index (χ0) is 16.0. The Hall–Kier alpha value is -1.60. The van der Waals surface area contributed by atoms with E-state index < -0.39 is 35.7 Å². The minimum Gasteiger partial charge on any atom is -0.465 e. The predicted octanol–water partition coefficient (Wildman–Crippen LogP) is 2.03. The van der Waals surface area contributed by atoms with Crippen LogP contribution in [0.5, 0.6) is 0 Å². The summed E-state index contributed by atoms with van der Waals surface area (Å²) >= 11 is 0. The molecule has 0 aromatic carbocycles. The van der Waals surface area contributed by atoms with Crippen molar-refractivity contribution >= 4 is 17.7 Å². The van der Waals surface area contributed by atoms with Gasteiger partial charge in [0.25, 0.3) is 5.78 Å². The number of halogens is 3. The molecular weight excluding hydrogens is 281 g/mol. The van der Waals surface area contributed by atoms with Gasteiger partial charge in [0.05, 0.1) is 13.2 Å². The molecule has 0 amide bonds. The van der Waals surface area contributed by atoms with E-state index in [0.717, 1.165) is 0 Å². The SMILES string of the molecule is CCCC(C(=O)OCC)(C(=O)OCC)C(=O)C(F)(F)F. The Morgan fingerprint density at radius 1 is 0.900 bits per heavy atom. The standard InChI is InChI=1S/C12H17F3O5/c1-4-7-11(9(17)19-5-2,10(18)20-6-3)8(16)12(13,14)15/h4-7H2,1-3H3. The lowest BCUT2D eigenvalue weighted by Crippen LogP contribution is -2.53. The summed E-state index contributed by atoms with van der Waals surface area (Å²) in [6.07, 6.45) is -5.96. The molecule has 0 saturated heterocycles. The number of hydrogen-bond acceptors (Lipinski definition) is 5. The number of Topliss-reactive ketones (excluding diaryl/α,β-unsaturated/α-hetero) is 1. The third-order valence-corrected chi connectivity index (χ3v) is 2.52. The van der Waals surface area contributed by atoms with Gasteiger partial charge in [0.2, 0.25) is 5.41 Å². The van der Waals surface area contributed by atoms with E-state index in [2.05, 4.69) is 9.47 Å². The number of rotatable bonds is 7. The molecule has 0 aliphatic rings. The molecule has 0 fully saturated rings. The highest BCUT2D eigenvalue weighted by atomic mass is 19.4. The molecule has 0 heterocycles. The van der Waals surface area contributed by atoms with Crippen LogP contribution in [-0.2, 0) is 23.9 Å². The number of carbonyl (C=O) groups excluding carboxylic acids is 3. The fourth-order valence-electron chi connectivity index (χ4n) is 1.71. The normalized spacial score (nSPS) is 11.9. The maximum Gasteiger partial charge on any atom is 0.451 e. The fourth-order valence-corrected chi connectivity index (χ4v) is 1.71. The second-order valence-electron chi connectivity index (χ2n) is 3.92. The van der Waals surface area contributed by atoms with Gasteiger partial charge in [-0.15, -0.1) is 0 Å². The Bertz CT molecular complexity index is 358. The largest absolute Gasteiger partial charge is 0.465 e. The highest BCUT2D eigenvalue weighted by molar-refractivity contribution is 6.21. The second-order valence-corrected chi connectivity index (χ2v) is 3.92. The van der Waals surface area contributed by atoms with Crippen LogP contribution in [0.2, 0.25) is 0 Å². The minimum atomic E-state index is -5.34. The maximum atomic E-state index is 12.7. The molecule has 8 heteroatoms. The Morgan fingerprint density at radius 3 is 1.55 bits per heavy atom. The van der Waals surface area contributed by atoms with E-state index in [4.69, 9.17) is 0 Å². The summed E-state index contributed by atoms with van der Waals surface area (Å²) in [5, 5.41) is 0. The average molecular weight is 298 g/mol. The van der Waals surface area contributed by atoms with Gasteiger partial charge in [-0.25, -0.2) is 0 Å². The first-order valence-electron chi connectivity index (χ1n) is 6.14. The predicted molar refractivity (Wildman–Crippen MR) is 61.7 cm³/mol. The van der Waals surface area contributed by atoms with Crippen molar-refractivity contribution in [3.8, 4) is 0 Å². The van der Waals surface area contributed by atoms with Crippen LogP contribution in [0.1, 0.15) is 33.6 Å². The van der Waals surface area contributed by atoms with Crippen molar-refractivity contribution in [3.05, 3.63) is 0 Å². The van der Waals surface area contributed by atoms with E-state index in [0.29, 0.717) is 0 Å². The number of ketones is 1. The summed E-state index contributed by atoms with van der Waals surface area (Å²) < 4.78 is 47.1.